The topological polar surface area (TPSA) is 98.9 Å². The van der Waals surface area contributed by atoms with Gasteiger partial charge in [0.2, 0.25) is 0 Å². The largest absolute Gasteiger partial charge is 0.488 e. The van der Waals surface area contributed by atoms with Crippen molar-refractivity contribution in [3.05, 3.63) is 64.0 Å². The first kappa shape index (κ1) is 28.7. The minimum Gasteiger partial charge on any atom is -0.488 e. The molecule has 1 aliphatic carbocycles. The number of anilines is 1. The average Bonchev–Trinajstić information content (AvgIpc) is 3.55. The van der Waals surface area contributed by atoms with Crippen molar-refractivity contribution in [3.8, 4) is 23.1 Å². The molecule has 1 N–H and O–H groups in total. The first-order valence-corrected chi connectivity index (χ1v) is 15.6. The molecule has 2 aliphatic heterocycles. The molecule has 1 saturated carbocycles. The highest BCUT2D eigenvalue weighted by Gasteiger charge is 2.46. The number of nitrogens with zero attached hydrogens (tertiary/aromatic N) is 4. The summed E-state index contributed by atoms with van der Waals surface area (Å²) in [5, 5.41) is 22.6. The molecule has 220 valence electrons. The number of thiazole rings is 1. The second kappa shape index (κ2) is 11.7. The van der Waals surface area contributed by atoms with Gasteiger partial charge in [0.25, 0.3) is 0 Å². The Morgan fingerprint density at radius 3 is 2.71 bits per heavy atom. The molecule has 6 rings (SSSR count). The molecule has 2 aromatic carbocycles. The summed E-state index contributed by atoms with van der Waals surface area (Å²) in [4.78, 5) is 21.4. The highest BCUT2D eigenvalue weighted by atomic mass is 32.1. The summed E-state index contributed by atoms with van der Waals surface area (Å²) in [6.45, 7) is 11.3. The number of carboxylic acids is 1. The standard InChI is InChI=1S/C33H38N4O4S/c1-21-4-9-29(40-18-25-6-5-22(13-26(25)14-34)15-36-10-11-41-33(2,3)20-36)27(12-21)28-19-42-32(35-28)37-16-23-7-8-24(17-37)30(23)31(38)39/h4-6,9,12-13,19,23-24,30H,7-8,10-11,15-18,20H2,1-3H3,(H,38,39). The van der Waals surface area contributed by atoms with Crippen LogP contribution in [0.25, 0.3) is 11.3 Å². The summed E-state index contributed by atoms with van der Waals surface area (Å²) in [6.07, 6.45) is 1.95. The monoisotopic (exact) mass is 586 g/mol. The van der Waals surface area contributed by atoms with Gasteiger partial charge in [-0.05, 0) is 69.2 Å². The highest BCUT2D eigenvalue weighted by molar-refractivity contribution is 7.14. The van der Waals surface area contributed by atoms with Crippen LogP contribution in [0.5, 0.6) is 5.75 Å². The molecule has 2 saturated heterocycles. The Morgan fingerprint density at radius 2 is 2.00 bits per heavy atom. The van der Waals surface area contributed by atoms with Crippen molar-refractivity contribution in [1.29, 1.82) is 5.26 Å². The van der Waals surface area contributed by atoms with Crippen LogP contribution in [0.4, 0.5) is 5.13 Å². The minimum atomic E-state index is -0.654. The maximum absolute atomic E-state index is 11.8. The molecule has 8 nitrogen and oxygen atoms in total. The van der Waals surface area contributed by atoms with E-state index < -0.39 is 5.97 Å². The van der Waals surface area contributed by atoms with Crippen LogP contribution in [0.3, 0.4) is 0 Å². The Balaban J connectivity index is 1.16. The van der Waals surface area contributed by atoms with Gasteiger partial charge in [-0.2, -0.15) is 5.26 Å². The van der Waals surface area contributed by atoms with E-state index in [4.69, 9.17) is 14.5 Å². The van der Waals surface area contributed by atoms with Gasteiger partial charge in [0.1, 0.15) is 12.4 Å². The average molecular weight is 587 g/mol. The zero-order valence-electron chi connectivity index (χ0n) is 24.5. The highest BCUT2D eigenvalue weighted by Crippen LogP contribution is 2.44. The van der Waals surface area contributed by atoms with E-state index in [-0.39, 0.29) is 30.0 Å². The molecule has 2 atom stereocenters. The van der Waals surface area contributed by atoms with Crippen LogP contribution in [0.2, 0.25) is 0 Å². The van der Waals surface area contributed by atoms with Crippen molar-refractivity contribution in [2.24, 2.45) is 17.8 Å². The number of aliphatic carboxylic acids is 1. The zero-order valence-corrected chi connectivity index (χ0v) is 25.3. The molecule has 2 bridgehead atoms. The van der Waals surface area contributed by atoms with Crippen molar-refractivity contribution in [3.63, 3.8) is 0 Å². The molecule has 0 radical (unpaired) electrons. The van der Waals surface area contributed by atoms with Gasteiger partial charge in [-0.15, -0.1) is 11.3 Å². The van der Waals surface area contributed by atoms with E-state index in [9.17, 15) is 15.2 Å². The number of rotatable bonds is 8. The van der Waals surface area contributed by atoms with E-state index in [1.54, 1.807) is 11.3 Å². The molecular formula is C33H38N4O4S. The molecule has 3 aliphatic rings. The molecule has 9 heteroatoms. The maximum atomic E-state index is 11.8. The van der Waals surface area contributed by atoms with Gasteiger partial charge >= 0.3 is 5.97 Å². The summed E-state index contributed by atoms with van der Waals surface area (Å²) in [5.41, 5.74) is 5.32. The number of carbonyl (C=O) groups is 1. The van der Waals surface area contributed by atoms with Crippen LogP contribution in [0.1, 0.15) is 48.9 Å². The summed E-state index contributed by atoms with van der Waals surface area (Å²) >= 11 is 1.60. The van der Waals surface area contributed by atoms with E-state index in [0.717, 1.165) is 84.4 Å². The van der Waals surface area contributed by atoms with Crippen LogP contribution in [0, 0.1) is 36.0 Å². The summed E-state index contributed by atoms with van der Waals surface area (Å²) < 4.78 is 12.2. The van der Waals surface area contributed by atoms with Crippen molar-refractivity contribution in [2.75, 3.05) is 37.7 Å². The molecule has 3 fully saturated rings. The third kappa shape index (κ3) is 6.03. The molecule has 0 amide bonds. The minimum absolute atomic E-state index is 0.162. The summed E-state index contributed by atoms with van der Waals surface area (Å²) in [5.74, 6) is 0.224. The number of fused-ring (bicyclic) bond motifs is 2. The fourth-order valence-corrected chi connectivity index (χ4v) is 7.75. The lowest BCUT2D eigenvalue weighted by Gasteiger charge is -2.38. The number of piperidine rings is 1. The van der Waals surface area contributed by atoms with E-state index >= 15 is 0 Å². The van der Waals surface area contributed by atoms with Crippen molar-refractivity contribution < 1.29 is 19.4 Å². The summed E-state index contributed by atoms with van der Waals surface area (Å²) in [7, 11) is 0. The first-order chi connectivity index (χ1) is 20.2. The molecule has 42 heavy (non-hydrogen) atoms. The number of hydrogen-bond donors (Lipinski definition) is 1. The number of nitriles is 1. The van der Waals surface area contributed by atoms with Crippen molar-refractivity contribution >= 4 is 22.4 Å². The van der Waals surface area contributed by atoms with Crippen LogP contribution in [-0.2, 0) is 22.7 Å². The number of carboxylic acid groups (broad SMARTS) is 1. The SMILES string of the molecule is Cc1ccc(OCc2ccc(CN3CCOC(C)(C)C3)cc2C#N)c(-c2csc(N3CC4CCC(C3)C4C(=O)O)n2)c1. The number of aromatic nitrogens is 1. The van der Waals surface area contributed by atoms with Gasteiger partial charge in [-0.3, -0.25) is 9.69 Å². The van der Waals surface area contributed by atoms with Crippen LogP contribution in [-0.4, -0.2) is 59.3 Å². The van der Waals surface area contributed by atoms with E-state index in [1.165, 1.54) is 0 Å². The van der Waals surface area contributed by atoms with Gasteiger partial charge in [0.15, 0.2) is 5.13 Å². The molecular weight excluding hydrogens is 548 g/mol. The lowest BCUT2D eigenvalue weighted by Crippen LogP contribution is -2.47. The van der Waals surface area contributed by atoms with Gasteiger partial charge < -0.3 is 19.5 Å². The molecule has 2 unspecified atom stereocenters. The first-order valence-electron chi connectivity index (χ1n) is 14.7. The smallest absolute Gasteiger partial charge is 0.307 e. The van der Waals surface area contributed by atoms with Crippen LogP contribution in [0.15, 0.2) is 41.8 Å². The molecule has 0 spiro atoms. The lowest BCUT2D eigenvalue weighted by molar-refractivity contribution is -0.144. The lowest BCUT2D eigenvalue weighted by atomic mass is 9.85. The Kier molecular flexibility index (Phi) is 7.97. The second-order valence-corrected chi connectivity index (χ2v) is 13.4. The van der Waals surface area contributed by atoms with E-state index in [1.807, 2.05) is 24.3 Å². The van der Waals surface area contributed by atoms with Gasteiger partial charge in [0, 0.05) is 49.2 Å². The number of ether oxygens (including phenoxy) is 2. The predicted molar refractivity (Wildman–Crippen MR) is 163 cm³/mol. The normalized spacial score (nSPS) is 23.5. The van der Waals surface area contributed by atoms with Gasteiger partial charge in [-0.1, -0.05) is 23.8 Å². The molecule has 1 aromatic heterocycles. The Bertz CT molecular complexity index is 1500. The van der Waals surface area contributed by atoms with Gasteiger partial charge in [-0.25, -0.2) is 4.98 Å². The predicted octanol–water partition coefficient (Wildman–Crippen LogP) is 5.73. The zero-order chi connectivity index (χ0) is 29.4. The number of benzene rings is 2. The third-order valence-electron chi connectivity index (χ3n) is 8.88. The van der Waals surface area contributed by atoms with Crippen LogP contribution < -0.4 is 9.64 Å². The van der Waals surface area contributed by atoms with Gasteiger partial charge in [0.05, 0.1) is 35.5 Å². The van der Waals surface area contributed by atoms with E-state index in [2.05, 4.69) is 54.2 Å². The fourth-order valence-electron chi connectivity index (χ4n) is 6.90. The quantitative estimate of drug-likeness (QED) is 0.358. The third-order valence-corrected chi connectivity index (χ3v) is 9.78. The maximum Gasteiger partial charge on any atom is 0.307 e. The fraction of sp³-hybridized carbons (Fsp3) is 0.485. The molecule has 3 heterocycles. The summed E-state index contributed by atoms with van der Waals surface area (Å²) in [6, 6.07) is 14.5. The number of morpholine rings is 1. The van der Waals surface area contributed by atoms with Crippen LogP contribution >= 0.6 is 11.3 Å². The number of aryl methyl sites for hydroxylation is 1. The van der Waals surface area contributed by atoms with Crippen molar-refractivity contribution in [1.82, 2.24) is 9.88 Å². The van der Waals surface area contributed by atoms with Crippen molar-refractivity contribution in [2.45, 2.75) is 52.4 Å². The Labute approximate surface area is 251 Å². The number of hydrogen-bond acceptors (Lipinski definition) is 8. The Morgan fingerprint density at radius 1 is 1.21 bits per heavy atom. The Hall–Kier alpha value is -3.45. The second-order valence-electron chi connectivity index (χ2n) is 12.6. The molecule has 3 aromatic rings. The van der Waals surface area contributed by atoms with E-state index in [0.29, 0.717) is 12.2 Å².